The molecule has 0 saturated carbocycles. The average Bonchev–Trinajstić information content (AvgIpc) is 2.92. The second kappa shape index (κ2) is 7.13. The van der Waals surface area contributed by atoms with Gasteiger partial charge in [-0.1, -0.05) is 36.4 Å². The molecule has 2 aromatic carbocycles. The van der Waals surface area contributed by atoms with Crippen LogP contribution in [0.2, 0.25) is 0 Å². The van der Waals surface area contributed by atoms with Crippen molar-refractivity contribution >= 4 is 12.1 Å². The summed E-state index contributed by atoms with van der Waals surface area (Å²) in [6, 6.07) is 17.9. The van der Waals surface area contributed by atoms with Crippen LogP contribution in [0, 0.1) is 19.7 Å². The van der Waals surface area contributed by atoms with E-state index in [1.54, 1.807) is 18.2 Å². The number of aryl methyl sites for hydroxylation is 1. The quantitative estimate of drug-likeness (QED) is 0.568. The molecule has 4 nitrogen and oxygen atoms in total. The van der Waals surface area contributed by atoms with Crippen LogP contribution in [0.1, 0.15) is 27.3 Å². The molecule has 0 atom stereocenters. The second-order valence-electron chi connectivity index (χ2n) is 5.68. The fourth-order valence-corrected chi connectivity index (χ4v) is 2.77. The van der Waals surface area contributed by atoms with E-state index in [1.807, 2.05) is 54.8 Å². The molecular weight excluding hydrogens is 317 g/mol. The van der Waals surface area contributed by atoms with Crippen LogP contribution < -0.4 is 5.43 Å². The Kier molecular flexibility index (Phi) is 4.75. The molecular formula is C20H18FN3O. The molecule has 3 rings (SSSR count). The summed E-state index contributed by atoms with van der Waals surface area (Å²) in [7, 11) is 0. The van der Waals surface area contributed by atoms with E-state index >= 15 is 0 Å². The maximum Gasteiger partial charge on any atom is 0.273 e. The minimum absolute atomic E-state index is 0.317. The van der Waals surface area contributed by atoms with Crippen LogP contribution in [0.15, 0.2) is 65.8 Å². The zero-order valence-electron chi connectivity index (χ0n) is 14.0. The topological polar surface area (TPSA) is 46.4 Å². The number of halogens is 1. The van der Waals surface area contributed by atoms with E-state index in [-0.39, 0.29) is 11.7 Å². The Morgan fingerprint density at radius 2 is 1.76 bits per heavy atom. The predicted molar refractivity (Wildman–Crippen MR) is 96.7 cm³/mol. The van der Waals surface area contributed by atoms with E-state index in [4.69, 9.17) is 0 Å². The zero-order chi connectivity index (χ0) is 17.8. The Hall–Kier alpha value is -3.21. The van der Waals surface area contributed by atoms with E-state index in [2.05, 4.69) is 10.5 Å². The Morgan fingerprint density at radius 3 is 2.48 bits per heavy atom. The highest BCUT2D eigenvalue weighted by Gasteiger charge is 2.16. The molecule has 126 valence electrons. The summed E-state index contributed by atoms with van der Waals surface area (Å²) in [6.07, 6.45) is 1.30. The molecule has 1 heterocycles. The lowest BCUT2D eigenvalue weighted by Crippen LogP contribution is -2.18. The van der Waals surface area contributed by atoms with Crippen molar-refractivity contribution in [2.45, 2.75) is 13.8 Å². The van der Waals surface area contributed by atoms with Crippen molar-refractivity contribution in [2.75, 3.05) is 0 Å². The smallest absolute Gasteiger partial charge is 0.273 e. The number of benzene rings is 2. The SMILES string of the molecule is Cc1cc(C(=O)N/N=C/c2ccccc2F)c(C)n1-c1ccccc1. The summed E-state index contributed by atoms with van der Waals surface area (Å²) >= 11 is 0. The number of nitrogens with zero attached hydrogens (tertiary/aromatic N) is 2. The van der Waals surface area contributed by atoms with E-state index in [1.165, 1.54) is 12.3 Å². The molecule has 0 saturated heterocycles. The van der Waals surface area contributed by atoms with Crippen LogP contribution in [0.5, 0.6) is 0 Å². The Morgan fingerprint density at radius 1 is 1.08 bits per heavy atom. The molecule has 0 bridgehead atoms. The van der Waals surface area contributed by atoms with Gasteiger partial charge in [-0.05, 0) is 38.1 Å². The van der Waals surface area contributed by atoms with Gasteiger partial charge in [-0.15, -0.1) is 0 Å². The van der Waals surface area contributed by atoms with E-state index < -0.39 is 0 Å². The van der Waals surface area contributed by atoms with Crippen molar-refractivity contribution in [3.63, 3.8) is 0 Å². The highest BCUT2D eigenvalue weighted by atomic mass is 19.1. The van der Waals surface area contributed by atoms with E-state index in [0.29, 0.717) is 11.1 Å². The van der Waals surface area contributed by atoms with Gasteiger partial charge in [0, 0.05) is 22.6 Å². The van der Waals surface area contributed by atoms with E-state index in [0.717, 1.165) is 17.1 Å². The molecule has 1 N–H and O–H groups in total. The number of hydrogen-bond donors (Lipinski definition) is 1. The molecule has 0 spiro atoms. The summed E-state index contributed by atoms with van der Waals surface area (Å²) in [4.78, 5) is 12.4. The molecule has 1 aromatic heterocycles. The van der Waals surface area contributed by atoms with Crippen LogP contribution in [0.3, 0.4) is 0 Å². The fourth-order valence-electron chi connectivity index (χ4n) is 2.77. The van der Waals surface area contributed by atoms with Crippen molar-refractivity contribution < 1.29 is 9.18 Å². The lowest BCUT2D eigenvalue weighted by molar-refractivity contribution is 0.0954. The van der Waals surface area contributed by atoms with Crippen molar-refractivity contribution in [1.29, 1.82) is 0 Å². The Bertz CT molecular complexity index is 929. The minimum atomic E-state index is -0.386. The monoisotopic (exact) mass is 335 g/mol. The molecule has 0 aliphatic rings. The maximum absolute atomic E-state index is 13.5. The van der Waals surface area contributed by atoms with Crippen molar-refractivity contribution in [1.82, 2.24) is 9.99 Å². The number of amides is 1. The van der Waals surface area contributed by atoms with Crippen molar-refractivity contribution in [2.24, 2.45) is 5.10 Å². The Labute approximate surface area is 145 Å². The maximum atomic E-state index is 13.5. The zero-order valence-corrected chi connectivity index (χ0v) is 14.0. The largest absolute Gasteiger partial charge is 0.318 e. The number of nitrogens with one attached hydrogen (secondary N) is 1. The summed E-state index contributed by atoms with van der Waals surface area (Å²) in [5.41, 5.74) is 6.07. The highest BCUT2D eigenvalue weighted by Crippen LogP contribution is 2.20. The van der Waals surface area contributed by atoms with E-state index in [9.17, 15) is 9.18 Å². The second-order valence-corrected chi connectivity index (χ2v) is 5.68. The molecule has 0 fully saturated rings. The molecule has 0 aliphatic heterocycles. The number of para-hydroxylation sites is 1. The normalized spacial score (nSPS) is 11.0. The van der Waals surface area contributed by atoms with Gasteiger partial charge in [-0.3, -0.25) is 4.79 Å². The average molecular weight is 335 g/mol. The number of aromatic nitrogens is 1. The molecule has 1 amide bonds. The molecule has 5 heteroatoms. The predicted octanol–water partition coefficient (Wildman–Crippen LogP) is 4.00. The van der Waals surface area contributed by atoms with Crippen molar-refractivity contribution in [3.8, 4) is 5.69 Å². The van der Waals surface area contributed by atoms with Gasteiger partial charge in [0.2, 0.25) is 0 Å². The van der Waals surface area contributed by atoms with Crippen LogP contribution in [0.25, 0.3) is 5.69 Å². The molecule has 25 heavy (non-hydrogen) atoms. The van der Waals surface area contributed by atoms with Crippen LogP contribution >= 0.6 is 0 Å². The first-order chi connectivity index (χ1) is 12.1. The van der Waals surface area contributed by atoms with Gasteiger partial charge >= 0.3 is 0 Å². The third-order valence-electron chi connectivity index (χ3n) is 3.97. The molecule has 0 radical (unpaired) electrons. The van der Waals surface area contributed by atoms with Gasteiger partial charge in [-0.2, -0.15) is 5.10 Å². The minimum Gasteiger partial charge on any atom is -0.318 e. The van der Waals surface area contributed by atoms with Gasteiger partial charge in [0.25, 0.3) is 5.91 Å². The third-order valence-corrected chi connectivity index (χ3v) is 3.97. The fraction of sp³-hybridized carbons (Fsp3) is 0.100. The number of rotatable bonds is 4. The number of hydrogen-bond acceptors (Lipinski definition) is 2. The van der Waals surface area contributed by atoms with Crippen LogP contribution in [-0.4, -0.2) is 16.7 Å². The number of carbonyl (C=O) groups is 1. The standard InChI is InChI=1S/C20H18FN3O/c1-14-12-18(15(2)24(14)17-9-4-3-5-10-17)20(25)23-22-13-16-8-6-7-11-19(16)21/h3-13H,1-2H3,(H,23,25)/b22-13+. The van der Waals surface area contributed by atoms with Gasteiger partial charge in [-0.25, -0.2) is 9.82 Å². The lowest BCUT2D eigenvalue weighted by atomic mass is 10.2. The van der Waals surface area contributed by atoms with Gasteiger partial charge in [0.15, 0.2) is 0 Å². The summed E-state index contributed by atoms with van der Waals surface area (Å²) in [6.45, 7) is 3.83. The first-order valence-corrected chi connectivity index (χ1v) is 7.90. The molecule has 0 unspecified atom stereocenters. The van der Waals surface area contributed by atoms with Crippen LogP contribution in [-0.2, 0) is 0 Å². The molecule has 0 aliphatic carbocycles. The first kappa shape index (κ1) is 16.6. The number of carbonyl (C=O) groups excluding carboxylic acids is 1. The molecule has 3 aromatic rings. The summed E-state index contributed by atoms with van der Waals surface area (Å²) in [5.74, 6) is -0.717. The van der Waals surface area contributed by atoms with Gasteiger partial charge in [0.05, 0.1) is 11.8 Å². The highest BCUT2D eigenvalue weighted by molar-refractivity contribution is 5.96. The summed E-state index contributed by atoms with van der Waals surface area (Å²) in [5, 5.41) is 3.86. The van der Waals surface area contributed by atoms with Gasteiger partial charge < -0.3 is 4.57 Å². The number of hydrazone groups is 1. The Balaban J connectivity index is 1.81. The van der Waals surface area contributed by atoms with Crippen LogP contribution in [0.4, 0.5) is 4.39 Å². The lowest BCUT2D eigenvalue weighted by Gasteiger charge is -2.09. The van der Waals surface area contributed by atoms with Crippen molar-refractivity contribution in [3.05, 3.63) is 89.0 Å². The summed E-state index contributed by atoms with van der Waals surface area (Å²) < 4.78 is 15.5. The third kappa shape index (κ3) is 3.50. The van der Waals surface area contributed by atoms with Gasteiger partial charge in [0.1, 0.15) is 5.82 Å². The first-order valence-electron chi connectivity index (χ1n) is 7.90.